The molecule has 194 valence electrons. The fraction of sp³-hybridized carbons (Fsp3) is 0.458. The minimum absolute atomic E-state index is 0.0133. The summed E-state index contributed by atoms with van der Waals surface area (Å²) in [5.41, 5.74) is 1.52. The van der Waals surface area contributed by atoms with Crippen LogP contribution in [0.25, 0.3) is 5.69 Å². The van der Waals surface area contributed by atoms with Crippen molar-refractivity contribution >= 4 is 23.9 Å². The van der Waals surface area contributed by atoms with Crippen LogP contribution in [0.5, 0.6) is 0 Å². The SMILES string of the molecule is CC(=O)OC[C@H]1O[C@@H](OCc2cnn(-c3ccccc3)c2)[C@H](OC(C)=O)[C@@H](OC(C)=O)[C@@H]1OC(C)=O. The average Bonchev–Trinajstić information content (AvgIpc) is 3.28. The molecule has 1 fully saturated rings. The maximum Gasteiger partial charge on any atom is 0.303 e. The predicted molar refractivity (Wildman–Crippen MR) is 120 cm³/mol. The molecule has 0 radical (unpaired) electrons. The highest BCUT2D eigenvalue weighted by Crippen LogP contribution is 2.30. The van der Waals surface area contributed by atoms with Crippen molar-refractivity contribution in [2.24, 2.45) is 0 Å². The zero-order valence-corrected chi connectivity index (χ0v) is 20.3. The van der Waals surface area contributed by atoms with E-state index in [9.17, 15) is 19.2 Å². The molecule has 0 spiro atoms. The molecule has 0 bridgehead atoms. The van der Waals surface area contributed by atoms with Crippen LogP contribution in [-0.4, -0.2) is 71.0 Å². The molecule has 0 unspecified atom stereocenters. The summed E-state index contributed by atoms with van der Waals surface area (Å²) < 4.78 is 34.6. The number of nitrogens with zero attached hydrogens (tertiary/aromatic N) is 2. The first kappa shape index (κ1) is 26.8. The summed E-state index contributed by atoms with van der Waals surface area (Å²) in [5.74, 6) is -2.73. The van der Waals surface area contributed by atoms with Crippen LogP contribution < -0.4 is 0 Å². The molecule has 3 rings (SSSR count). The number of hydrogen-bond donors (Lipinski definition) is 0. The van der Waals surface area contributed by atoms with Crippen LogP contribution >= 0.6 is 0 Å². The first-order valence-corrected chi connectivity index (χ1v) is 11.1. The van der Waals surface area contributed by atoms with Crippen LogP contribution in [0, 0.1) is 0 Å². The van der Waals surface area contributed by atoms with E-state index in [-0.39, 0.29) is 13.2 Å². The van der Waals surface area contributed by atoms with E-state index < -0.39 is 54.6 Å². The Bertz CT molecular complexity index is 1070. The summed E-state index contributed by atoms with van der Waals surface area (Å²) in [5, 5.41) is 4.31. The minimum atomic E-state index is -1.29. The highest BCUT2D eigenvalue weighted by Gasteiger charge is 2.52. The second-order valence-electron chi connectivity index (χ2n) is 8.01. The monoisotopic (exact) mass is 504 g/mol. The summed E-state index contributed by atoms with van der Waals surface area (Å²) in [6.45, 7) is 4.33. The topological polar surface area (TPSA) is 141 Å². The predicted octanol–water partition coefficient (Wildman–Crippen LogP) is 1.47. The molecule has 0 N–H and O–H groups in total. The summed E-state index contributed by atoms with van der Waals surface area (Å²) in [7, 11) is 0. The van der Waals surface area contributed by atoms with Gasteiger partial charge in [0.1, 0.15) is 12.7 Å². The van der Waals surface area contributed by atoms with E-state index in [1.54, 1.807) is 17.1 Å². The molecule has 1 aliphatic heterocycles. The van der Waals surface area contributed by atoms with E-state index >= 15 is 0 Å². The molecular weight excluding hydrogens is 476 g/mol. The Hall–Kier alpha value is -3.77. The van der Waals surface area contributed by atoms with Crippen molar-refractivity contribution in [2.75, 3.05) is 6.61 Å². The molecule has 1 aliphatic rings. The van der Waals surface area contributed by atoms with Crippen molar-refractivity contribution < 1.29 is 47.6 Å². The lowest BCUT2D eigenvalue weighted by Gasteiger charge is -2.44. The number of para-hydroxylation sites is 1. The number of rotatable bonds is 9. The number of aromatic nitrogens is 2. The van der Waals surface area contributed by atoms with Gasteiger partial charge in [-0.3, -0.25) is 19.2 Å². The van der Waals surface area contributed by atoms with Gasteiger partial charge in [0.25, 0.3) is 0 Å². The second kappa shape index (κ2) is 12.3. The lowest BCUT2D eigenvalue weighted by molar-refractivity contribution is -0.310. The van der Waals surface area contributed by atoms with Crippen molar-refractivity contribution in [3.05, 3.63) is 48.3 Å². The smallest absolute Gasteiger partial charge is 0.303 e. The third-order valence-electron chi connectivity index (χ3n) is 5.02. The maximum absolute atomic E-state index is 11.9. The number of carbonyl (C=O) groups excluding carboxylic acids is 4. The Kier molecular flexibility index (Phi) is 9.14. The Balaban J connectivity index is 1.85. The highest BCUT2D eigenvalue weighted by molar-refractivity contribution is 5.68. The molecule has 12 nitrogen and oxygen atoms in total. The number of benzene rings is 1. The Morgan fingerprint density at radius 3 is 2.08 bits per heavy atom. The standard InChI is InChI=1S/C24H28N2O10/c1-14(27)31-13-20-21(33-15(2)28)22(34-16(3)29)23(35-17(4)30)24(36-20)32-12-18-10-25-26(11-18)19-8-6-5-7-9-19/h5-11,20-24H,12-13H2,1-4H3/t20-,21-,22+,23-,24-/m1/s1. The van der Waals surface area contributed by atoms with Crippen molar-refractivity contribution in [1.82, 2.24) is 9.78 Å². The molecule has 5 atom stereocenters. The summed E-state index contributed by atoms with van der Waals surface area (Å²) in [6, 6.07) is 9.42. The van der Waals surface area contributed by atoms with Gasteiger partial charge in [-0.15, -0.1) is 0 Å². The van der Waals surface area contributed by atoms with Crippen LogP contribution in [0.15, 0.2) is 42.7 Å². The van der Waals surface area contributed by atoms with E-state index in [1.165, 1.54) is 6.92 Å². The van der Waals surface area contributed by atoms with Gasteiger partial charge in [-0.1, -0.05) is 18.2 Å². The van der Waals surface area contributed by atoms with E-state index in [0.717, 1.165) is 26.5 Å². The van der Waals surface area contributed by atoms with Gasteiger partial charge in [-0.25, -0.2) is 4.68 Å². The summed E-state index contributed by atoms with van der Waals surface area (Å²) >= 11 is 0. The zero-order chi connectivity index (χ0) is 26.2. The van der Waals surface area contributed by atoms with Crippen molar-refractivity contribution in [1.29, 1.82) is 0 Å². The summed E-state index contributed by atoms with van der Waals surface area (Å²) in [6.07, 6.45) is -2.80. The van der Waals surface area contributed by atoms with Gasteiger partial charge in [0.05, 0.1) is 18.5 Å². The first-order valence-electron chi connectivity index (χ1n) is 11.1. The quantitative estimate of drug-likeness (QED) is 0.362. The summed E-state index contributed by atoms with van der Waals surface area (Å²) in [4.78, 5) is 47.0. The van der Waals surface area contributed by atoms with Gasteiger partial charge in [-0.05, 0) is 12.1 Å². The molecule has 1 aromatic carbocycles. The van der Waals surface area contributed by atoms with E-state index in [0.29, 0.717) is 5.56 Å². The van der Waals surface area contributed by atoms with Crippen LogP contribution in [0.4, 0.5) is 0 Å². The molecule has 0 aliphatic carbocycles. The third-order valence-corrected chi connectivity index (χ3v) is 5.02. The van der Waals surface area contributed by atoms with Crippen LogP contribution in [-0.2, 0) is 54.2 Å². The minimum Gasteiger partial charge on any atom is -0.463 e. The van der Waals surface area contributed by atoms with Gasteiger partial charge < -0.3 is 28.4 Å². The van der Waals surface area contributed by atoms with Crippen molar-refractivity contribution in [2.45, 2.75) is 65.0 Å². The number of hydrogen-bond acceptors (Lipinski definition) is 11. The van der Waals surface area contributed by atoms with Gasteiger partial charge in [0.15, 0.2) is 24.6 Å². The average molecular weight is 504 g/mol. The third kappa shape index (κ3) is 7.36. The molecule has 1 aromatic heterocycles. The molecule has 12 heteroatoms. The van der Waals surface area contributed by atoms with Crippen LogP contribution in [0.2, 0.25) is 0 Å². The van der Waals surface area contributed by atoms with E-state index in [4.69, 9.17) is 28.4 Å². The van der Waals surface area contributed by atoms with Gasteiger partial charge in [0.2, 0.25) is 0 Å². The molecule has 0 amide bonds. The number of carbonyl (C=O) groups is 4. The second-order valence-corrected chi connectivity index (χ2v) is 8.01. The number of esters is 4. The molecule has 2 aromatic rings. The van der Waals surface area contributed by atoms with Crippen LogP contribution in [0.3, 0.4) is 0 Å². The molecule has 2 heterocycles. The van der Waals surface area contributed by atoms with Crippen molar-refractivity contribution in [3.8, 4) is 5.69 Å². The van der Waals surface area contributed by atoms with Crippen molar-refractivity contribution in [3.63, 3.8) is 0 Å². The normalized spacial score (nSPS) is 23.4. The Morgan fingerprint density at radius 2 is 1.47 bits per heavy atom. The fourth-order valence-corrected chi connectivity index (χ4v) is 3.66. The molecule has 36 heavy (non-hydrogen) atoms. The van der Waals surface area contributed by atoms with Gasteiger partial charge in [-0.2, -0.15) is 5.10 Å². The lowest BCUT2D eigenvalue weighted by atomic mass is 9.98. The largest absolute Gasteiger partial charge is 0.463 e. The molecular formula is C24H28N2O10. The Morgan fingerprint density at radius 1 is 0.861 bits per heavy atom. The molecule has 1 saturated heterocycles. The van der Waals surface area contributed by atoms with Gasteiger partial charge in [0, 0.05) is 39.5 Å². The lowest BCUT2D eigenvalue weighted by Crippen LogP contribution is -2.62. The first-order chi connectivity index (χ1) is 17.1. The van der Waals surface area contributed by atoms with E-state index in [1.807, 2.05) is 30.3 Å². The zero-order valence-electron chi connectivity index (χ0n) is 20.3. The van der Waals surface area contributed by atoms with E-state index in [2.05, 4.69) is 5.10 Å². The maximum atomic E-state index is 11.9. The molecule has 0 saturated carbocycles. The fourth-order valence-electron chi connectivity index (χ4n) is 3.66. The van der Waals surface area contributed by atoms with Gasteiger partial charge >= 0.3 is 23.9 Å². The Labute approximate surface area is 207 Å². The highest BCUT2D eigenvalue weighted by atomic mass is 16.7. The number of ether oxygens (including phenoxy) is 6. The van der Waals surface area contributed by atoms with Crippen LogP contribution in [0.1, 0.15) is 33.3 Å².